The molecular weight excluding hydrogens is 460 g/mol. The molecule has 1 amide bonds. The number of amides is 1. The molecule has 1 atom stereocenters. The number of nitrogens with zero attached hydrogens (tertiary/aromatic N) is 3. The van der Waals surface area contributed by atoms with Crippen LogP contribution in [0.4, 0.5) is 5.69 Å². The van der Waals surface area contributed by atoms with E-state index in [1.807, 2.05) is 6.92 Å². The van der Waals surface area contributed by atoms with Gasteiger partial charge in [-0.2, -0.15) is 9.29 Å². The van der Waals surface area contributed by atoms with Crippen molar-refractivity contribution in [2.75, 3.05) is 18.4 Å². The van der Waals surface area contributed by atoms with Gasteiger partial charge in [0.25, 0.3) is 10.0 Å². The summed E-state index contributed by atoms with van der Waals surface area (Å²) in [7, 11) is -3.73. The molecule has 164 valence electrons. The van der Waals surface area contributed by atoms with Gasteiger partial charge in [0.1, 0.15) is 4.21 Å². The Balaban J connectivity index is 1.48. The van der Waals surface area contributed by atoms with Crippen LogP contribution < -0.4 is 5.32 Å². The molecule has 0 radical (unpaired) electrons. The van der Waals surface area contributed by atoms with E-state index in [2.05, 4.69) is 15.5 Å². The molecule has 0 saturated carbocycles. The third kappa shape index (κ3) is 4.67. The van der Waals surface area contributed by atoms with Crippen molar-refractivity contribution in [3.8, 4) is 11.4 Å². The number of rotatable bonds is 5. The Labute approximate surface area is 189 Å². The van der Waals surface area contributed by atoms with Crippen LogP contribution in [-0.4, -0.2) is 41.9 Å². The van der Waals surface area contributed by atoms with Crippen molar-refractivity contribution in [3.05, 3.63) is 46.1 Å². The predicted octanol–water partition coefficient (Wildman–Crippen LogP) is 4.11. The zero-order valence-electron chi connectivity index (χ0n) is 17.0. The second-order valence-electron chi connectivity index (χ2n) is 7.44. The number of hydrogen-bond donors (Lipinski definition) is 1. The van der Waals surface area contributed by atoms with Gasteiger partial charge in [0, 0.05) is 41.7 Å². The number of aromatic nitrogens is 2. The second kappa shape index (κ2) is 8.70. The van der Waals surface area contributed by atoms with Crippen LogP contribution >= 0.6 is 22.9 Å². The van der Waals surface area contributed by atoms with Gasteiger partial charge in [-0.1, -0.05) is 16.8 Å². The highest BCUT2D eigenvalue weighted by molar-refractivity contribution is 7.91. The first kappa shape index (κ1) is 21.9. The van der Waals surface area contributed by atoms with E-state index in [1.54, 1.807) is 36.6 Å². The van der Waals surface area contributed by atoms with E-state index in [1.165, 1.54) is 4.31 Å². The van der Waals surface area contributed by atoms with Gasteiger partial charge in [-0.25, -0.2) is 8.42 Å². The summed E-state index contributed by atoms with van der Waals surface area (Å²) in [6, 6.07) is 6.78. The summed E-state index contributed by atoms with van der Waals surface area (Å²) in [5.41, 5.74) is 2.11. The van der Waals surface area contributed by atoms with Gasteiger partial charge in [0.2, 0.25) is 17.6 Å². The normalized spacial score (nSPS) is 17.6. The Bertz CT molecular complexity index is 1220. The molecule has 3 heterocycles. The van der Waals surface area contributed by atoms with Crippen molar-refractivity contribution in [2.24, 2.45) is 5.92 Å². The van der Waals surface area contributed by atoms with Crippen molar-refractivity contribution in [3.63, 3.8) is 0 Å². The summed E-state index contributed by atoms with van der Waals surface area (Å²) in [6.07, 6.45) is 1.24. The number of benzene rings is 1. The smallest absolute Gasteiger partial charge is 0.252 e. The molecule has 1 saturated heterocycles. The predicted molar refractivity (Wildman–Crippen MR) is 119 cm³/mol. The Kier molecular flexibility index (Phi) is 6.16. The Morgan fingerprint density at radius 2 is 2.13 bits per heavy atom. The van der Waals surface area contributed by atoms with Crippen LogP contribution in [0, 0.1) is 19.8 Å². The third-order valence-corrected chi connectivity index (χ3v) is 8.67. The highest BCUT2D eigenvalue weighted by Gasteiger charge is 2.34. The molecule has 0 bridgehead atoms. The van der Waals surface area contributed by atoms with E-state index in [4.69, 9.17) is 16.1 Å². The monoisotopic (exact) mass is 480 g/mol. The molecule has 1 aromatic carbocycles. The van der Waals surface area contributed by atoms with Crippen LogP contribution in [-0.2, 0) is 14.8 Å². The quantitative estimate of drug-likeness (QED) is 0.589. The standard InChI is InChI=1S/C20H21ClN4O4S2/c1-12-8-16(21)5-6-17(12)23-20(26)14-4-3-7-25(10-14)31(27,28)18-9-15(11-30-18)19-22-13(2)29-24-19/h5-6,8-9,11,14H,3-4,7,10H2,1-2H3,(H,23,26)/t14-/m1/s1. The number of sulfonamides is 1. The van der Waals surface area contributed by atoms with E-state index in [0.717, 1.165) is 16.9 Å². The number of anilines is 1. The molecule has 31 heavy (non-hydrogen) atoms. The molecule has 11 heteroatoms. The maximum Gasteiger partial charge on any atom is 0.252 e. The zero-order chi connectivity index (χ0) is 22.2. The summed E-state index contributed by atoms with van der Waals surface area (Å²) < 4.78 is 32.9. The summed E-state index contributed by atoms with van der Waals surface area (Å²) in [5.74, 6) is 0.133. The first-order valence-corrected chi connectivity index (χ1v) is 12.4. The zero-order valence-corrected chi connectivity index (χ0v) is 19.4. The first-order valence-electron chi connectivity index (χ1n) is 9.70. The minimum atomic E-state index is -3.73. The van der Waals surface area contributed by atoms with E-state index in [-0.39, 0.29) is 16.7 Å². The lowest BCUT2D eigenvalue weighted by molar-refractivity contribution is -0.120. The van der Waals surface area contributed by atoms with Crippen molar-refractivity contribution in [1.82, 2.24) is 14.4 Å². The fraction of sp³-hybridized carbons (Fsp3) is 0.350. The van der Waals surface area contributed by atoms with Crippen molar-refractivity contribution in [1.29, 1.82) is 0 Å². The minimum Gasteiger partial charge on any atom is -0.339 e. The lowest BCUT2D eigenvalue weighted by atomic mass is 9.98. The molecule has 8 nitrogen and oxygen atoms in total. The van der Waals surface area contributed by atoms with Gasteiger partial charge in [0.05, 0.1) is 5.92 Å². The molecular formula is C20H21ClN4O4S2. The topological polar surface area (TPSA) is 105 Å². The maximum absolute atomic E-state index is 13.2. The molecule has 4 rings (SSSR count). The minimum absolute atomic E-state index is 0.134. The number of aryl methyl sites for hydroxylation is 2. The van der Waals surface area contributed by atoms with Crippen molar-refractivity contribution in [2.45, 2.75) is 30.9 Å². The van der Waals surface area contributed by atoms with Crippen molar-refractivity contribution < 1.29 is 17.7 Å². The molecule has 0 unspecified atom stereocenters. The van der Waals surface area contributed by atoms with E-state index < -0.39 is 15.9 Å². The molecule has 1 fully saturated rings. The lowest BCUT2D eigenvalue weighted by Crippen LogP contribution is -2.43. The first-order chi connectivity index (χ1) is 14.7. The summed E-state index contributed by atoms with van der Waals surface area (Å²) in [5, 5.41) is 9.02. The molecule has 1 N–H and O–H groups in total. The molecule has 1 aliphatic rings. The number of carbonyl (C=O) groups is 1. The van der Waals surface area contributed by atoms with E-state index >= 15 is 0 Å². The molecule has 2 aromatic heterocycles. The Morgan fingerprint density at radius 1 is 1.32 bits per heavy atom. The van der Waals surface area contributed by atoms with Gasteiger partial charge < -0.3 is 9.84 Å². The van der Waals surface area contributed by atoms with Crippen molar-refractivity contribution >= 4 is 44.6 Å². The largest absolute Gasteiger partial charge is 0.339 e. The molecule has 0 spiro atoms. The second-order valence-corrected chi connectivity index (χ2v) is 11.0. The highest BCUT2D eigenvalue weighted by Crippen LogP contribution is 2.31. The van der Waals surface area contributed by atoms with Crippen LogP contribution in [0.2, 0.25) is 5.02 Å². The van der Waals surface area contributed by atoms with Gasteiger partial charge >= 0.3 is 0 Å². The number of carbonyl (C=O) groups excluding carboxylic acids is 1. The van der Waals surface area contributed by atoms with Crippen LogP contribution in [0.25, 0.3) is 11.4 Å². The Hall–Kier alpha value is -2.27. The average Bonchev–Trinajstić information content (AvgIpc) is 3.39. The number of nitrogens with one attached hydrogen (secondary N) is 1. The summed E-state index contributed by atoms with van der Waals surface area (Å²) in [4.78, 5) is 17.0. The van der Waals surface area contributed by atoms with Crippen LogP contribution in [0.5, 0.6) is 0 Å². The average molecular weight is 481 g/mol. The lowest BCUT2D eigenvalue weighted by Gasteiger charge is -2.30. The van der Waals surface area contributed by atoms with Crippen LogP contribution in [0.3, 0.4) is 0 Å². The van der Waals surface area contributed by atoms with E-state index in [9.17, 15) is 13.2 Å². The number of halogens is 1. The van der Waals surface area contributed by atoms with Gasteiger partial charge in [-0.05, 0) is 49.6 Å². The van der Waals surface area contributed by atoms with Crippen LogP contribution in [0.1, 0.15) is 24.3 Å². The third-order valence-electron chi connectivity index (χ3n) is 5.16. The Morgan fingerprint density at radius 3 is 2.84 bits per heavy atom. The number of piperidine rings is 1. The van der Waals surface area contributed by atoms with E-state index in [0.29, 0.717) is 47.4 Å². The van der Waals surface area contributed by atoms with Gasteiger partial charge in [0.15, 0.2) is 0 Å². The van der Waals surface area contributed by atoms with Gasteiger partial charge in [-0.3, -0.25) is 4.79 Å². The molecule has 1 aliphatic heterocycles. The molecule has 3 aromatic rings. The fourth-order valence-corrected chi connectivity index (χ4v) is 6.55. The van der Waals surface area contributed by atoms with Crippen LogP contribution in [0.15, 0.2) is 38.4 Å². The highest BCUT2D eigenvalue weighted by atomic mass is 35.5. The fourth-order valence-electron chi connectivity index (χ4n) is 3.49. The number of thiophene rings is 1. The SMILES string of the molecule is Cc1nc(-c2csc(S(=O)(=O)N3CCC[C@@H](C(=O)Nc4ccc(Cl)cc4C)C3)c2)no1. The summed E-state index contributed by atoms with van der Waals surface area (Å²) >= 11 is 7.08. The maximum atomic E-state index is 13.2. The number of hydrogen-bond acceptors (Lipinski definition) is 7. The van der Waals surface area contributed by atoms with Gasteiger partial charge in [-0.15, -0.1) is 11.3 Å². The molecule has 0 aliphatic carbocycles. The summed E-state index contributed by atoms with van der Waals surface area (Å²) in [6.45, 7) is 4.04.